The van der Waals surface area contributed by atoms with Gasteiger partial charge >= 0.3 is 6.09 Å². The van der Waals surface area contributed by atoms with Gasteiger partial charge in [0.2, 0.25) is 5.91 Å². The molecule has 0 radical (unpaired) electrons. The lowest BCUT2D eigenvalue weighted by Crippen LogP contribution is -2.54. The summed E-state index contributed by atoms with van der Waals surface area (Å²) in [6.45, 7) is 7.20. The quantitative estimate of drug-likeness (QED) is 0.797. The summed E-state index contributed by atoms with van der Waals surface area (Å²) in [4.78, 5) is 26.2. The minimum Gasteiger partial charge on any atom is -0.453 e. The lowest BCUT2D eigenvalue weighted by atomic mass is 10.0. The SMILES string of the molecule is COC(=O)NC(CC(C)C)C(=O)NC1CCCN(c2cc(C)ccc2F)C1. The zero-order valence-corrected chi connectivity index (χ0v) is 16.5. The van der Waals surface area contributed by atoms with Gasteiger partial charge in [0, 0.05) is 19.1 Å². The molecule has 0 spiro atoms. The molecule has 0 aliphatic carbocycles. The Balaban J connectivity index is 2.03. The molecule has 2 rings (SSSR count). The summed E-state index contributed by atoms with van der Waals surface area (Å²) >= 11 is 0. The molecule has 2 atom stereocenters. The third-order valence-electron chi connectivity index (χ3n) is 4.71. The number of carbonyl (C=O) groups is 2. The number of hydrogen-bond donors (Lipinski definition) is 2. The molecule has 1 aromatic rings. The van der Waals surface area contributed by atoms with E-state index in [1.54, 1.807) is 6.07 Å². The predicted molar refractivity (Wildman–Crippen MR) is 103 cm³/mol. The van der Waals surface area contributed by atoms with Crippen LogP contribution in [0.15, 0.2) is 18.2 Å². The molecule has 1 aliphatic heterocycles. The average molecular weight is 379 g/mol. The van der Waals surface area contributed by atoms with E-state index in [4.69, 9.17) is 0 Å². The molecule has 1 fully saturated rings. The fourth-order valence-electron chi connectivity index (χ4n) is 3.38. The van der Waals surface area contributed by atoms with E-state index in [1.165, 1.54) is 13.2 Å². The van der Waals surface area contributed by atoms with Crippen molar-refractivity contribution in [3.05, 3.63) is 29.6 Å². The van der Waals surface area contributed by atoms with Crippen LogP contribution < -0.4 is 15.5 Å². The van der Waals surface area contributed by atoms with E-state index in [-0.39, 0.29) is 23.7 Å². The molecule has 1 aromatic carbocycles. The summed E-state index contributed by atoms with van der Waals surface area (Å²) in [7, 11) is 1.27. The first-order chi connectivity index (χ1) is 12.8. The molecule has 27 heavy (non-hydrogen) atoms. The number of piperidine rings is 1. The summed E-state index contributed by atoms with van der Waals surface area (Å²) in [6.07, 6.45) is 1.58. The number of carbonyl (C=O) groups excluding carboxylic acids is 2. The van der Waals surface area contributed by atoms with E-state index in [2.05, 4.69) is 15.4 Å². The van der Waals surface area contributed by atoms with Gasteiger partial charge in [-0.25, -0.2) is 9.18 Å². The number of anilines is 1. The maximum absolute atomic E-state index is 14.2. The molecule has 1 heterocycles. The van der Waals surface area contributed by atoms with Gasteiger partial charge in [0.25, 0.3) is 0 Å². The van der Waals surface area contributed by atoms with Crippen molar-refractivity contribution in [3.8, 4) is 0 Å². The smallest absolute Gasteiger partial charge is 0.407 e. The van der Waals surface area contributed by atoms with Gasteiger partial charge in [0.15, 0.2) is 0 Å². The minimum atomic E-state index is -0.650. The molecule has 7 heteroatoms. The first kappa shape index (κ1) is 21.0. The lowest BCUT2D eigenvalue weighted by molar-refractivity contribution is -0.124. The van der Waals surface area contributed by atoms with E-state index in [0.717, 1.165) is 24.9 Å². The van der Waals surface area contributed by atoms with Crippen LogP contribution in [0.5, 0.6) is 0 Å². The Labute approximate surface area is 160 Å². The number of halogens is 1. The minimum absolute atomic E-state index is 0.0970. The van der Waals surface area contributed by atoms with E-state index < -0.39 is 12.1 Å². The van der Waals surface area contributed by atoms with Crippen LogP contribution in [0.1, 0.15) is 38.7 Å². The second-order valence-electron chi connectivity index (χ2n) is 7.57. The van der Waals surface area contributed by atoms with Crippen LogP contribution in [0.4, 0.5) is 14.9 Å². The molecule has 0 bridgehead atoms. The summed E-state index contributed by atoms with van der Waals surface area (Å²) in [5.74, 6) is -0.245. The molecule has 6 nitrogen and oxygen atoms in total. The van der Waals surface area contributed by atoms with Crippen LogP contribution in [0.3, 0.4) is 0 Å². The number of alkyl carbamates (subject to hydrolysis) is 1. The fraction of sp³-hybridized carbons (Fsp3) is 0.600. The molecule has 0 saturated carbocycles. The Hall–Kier alpha value is -2.31. The highest BCUT2D eigenvalue weighted by molar-refractivity contribution is 5.85. The monoisotopic (exact) mass is 379 g/mol. The number of amides is 2. The van der Waals surface area contributed by atoms with Crippen molar-refractivity contribution in [3.63, 3.8) is 0 Å². The average Bonchev–Trinajstić information content (AvgIpc) is 2.62. The van der Waals surface area contributed by atoms with Crippen LogP contribution in [0.25, 0.3) is 0 Å². The number of ether oxygens (including phenoxy) is 1. The van der Waals surface area contributed by atoms with Gasteiger partial charge in [0.05, 0.1) is 12.8 Å². The number of aryl methyl sites for hydroxylation is 1. The highest BCUT2D eigenvalue weighted by Crippen LogP contribution is 2.24. The number of hydrogen-bond acceptors (Lipinski definition) is 4. The number of rotatable bonds is 6. The van der Waals surface area contributed by atoms with Crippen molar-refractivity contribution in [2.75, 3.05) is 25.1 Å². The van der Waals surface area contributed by atoms with Gasteiger partial charge in [0.1, 0.15) is 11.9 Å². The maximum atomic E-state index is 14.2. The van der Waals surface area contributed by atoms with Gasteiger partial charge in [-0.15, -0.1) is 0 Å². The zero-order chi connectivity index (χ0) is 20.0. The van der Waals surface area contributed by atoms with Gasteiger partial charge in [-0.3, -0.25) is 4.79 Å². The molecular weight excluding hydrogens is 349 g/mol. The highest BCUT2D eigenvalue weighted by Gasteiger charge is 2.28. The van der Waals surface area contributed by atoms with Crippen molar-refractivity contribution < 1.29 is 18.7 Å². The number of nitrogens with zero attached hydrogens (tertiary/aromatic N) is 1. The summed E-state index contributed by atoms with van der Waals surface area (Å²) in [6, 6.07) is 4.31. The molecular formula is C20H30FN3O3. The predicted octanol–water partition coefficient (Wildman–Crippen LogP) is 2.99. The first-order valence-electron chi connectivity index (χ1n) is 9.46. The Morgan fingerprint density at radius 3 is 2.78 bits per heavy atom. The Bertz CT molecular complexity index is 666. The van der Waals surface area contributed by atoms with Crippen molar-refractivity contribution in [2.24, 2.45) is 5.92 Å². The fourth-order valence-corrected chi connectivity index (χ4v) is 3.38. The van der Waals surface area contributed by atoms with Crippen molar-refractivity contribution in [1.82, 2.24) is 10.6 Å². The summed E-state index contributed by atoms with van der Waals surface area (Å²) in [5.41, 5.74) is 1.57. The largest absolute Gasteiger partial charge is 0.453 e. The Morgan fingerprint density at radius 2 is 2.11 bits per heavy atom. The van der Waals surface area contributed by atoms with E-state index in [1.807, 2.05) is 31.7 Å². The van der Waals surface area contributed by atoms with Crippen molar-refractivity contribution in [2.45, 2.75) is 52.1 Å². The topological polar surface area (TPSA) is 70.7 Å². The van der Waals surface area contributed by atoms with Gasteiger partial charge in [-0.1, -0.05) is 19.9 Å². The standard InChI is InChI=1S/C20H30FN3O3/c1-13(2)10-17(23-20(26)27-4)19(25)22-15-6-5-9-24(12-15)18-11-14(3)7-8-16(18)21/h7-8,11,13,15,17H,5-6,9-10,12H2,1-4H3,(H,22,25)(H,23,26). The van der Waals surface area contributed by atoms with Gasteiger partial charge in [-0.05, 0) is 49.8 Å². The molecule has 150 valence electrons. The van der Waals surface area contributed by atoms with E-state index in [0.29, 0.717) is 18.7 Å². The second kappa shape index (κ2) is 9.58. The van der Waals surface area contributed by atoms with E-state index >= 15 is 0 Å². The van der Waals surface area contributed by atoms with Crippen LogP contribution >= 0.6 is 0 Å². The number of nitrogens with one attached hydrogen (secondary N) is 2. The maximum Gasteiger partial charge on any atom is 0.407 e. The number of benzene rings is 1. The van der Waals surface area contributed by atoms with Gasteiger partial charge < -0.3 is 20.3 Å². The first-order valence-corrected chi connectivity index (χ1v) is 9.46. The molecule has 0 aromatic heterocycles. The van der Waals surface area contributed by atoms with Crippen LogP contribution in [-0.2, 0) is 9.53 Å². The molecule has 2 N–H and O–H groups in total. The lowest BCUT2D eigenvalue weighted by Gasteiger charge is -2.35. The van der Waals surface area contributed by atoms with Crippen molar-refractivity contribution >= 4 is 17.7 Å². The zero-order valence-electron chi connectivity index (χ0n) is 16.5. The molecule has 2 amide bonds. The van der Waals surface area contributed by atoms with Crippen molar-refractivity contribution in [1.29, 1.82) is 0 Å². The Morgan fingerprint density at radius 1 is 1.37 bits per heavy atom. The molecule has 2 unspecified atom stereocenters. The number of methoxy groups -OCH3 is 1. The molecule has 1 aliphatic rings. The van der Waals surface area contributed by atoms with Crippen LogP contribution in [0.2, 0.25) is 0 Å². The Kier molecular flexibility index (Phi) is 7.45. The third-order valence-corrected chi connectivity index (χ3v) is 4.71. The van der Waals surface area contributed by atoms with Crippen LogP contribution in [0, 0.1) is 18.7 Å². The third kappa shape index (κ3) is 6.12. The highest BCUT2D eigenvalue weighted by atomic mass is 19.1. The summed E-state index contributed by atoms with van der Waals surface area (Å²) < 4.78 is 18.8. The molecule has 1 saturated heterocycles. The second-order valence-corrected chi connectivity index (χ2v) is 7.57. The summed E-state index contributed by atoms with van der Waals surface area (Å²) in [5, 5.41) is 5.61. The van der Waals surface area contributed by atoms with Gasteiger partial charge in [-0.2, -0.15) is 0 Å². The van der Waals surface area contributed by atoms with Crippen LogP contribution in [-0.4, -0.2) is 44.3 Å². The normalized spacial score (nSPS) is 18.1. The van der Waals surface area contributed by atoms with E-state index in [9.17, 15) is 14.0 Å².